The number of benzene rings is 1. The number of halogens is 3. The quantitative estimate of drug-likeness (QED) is 0.841. The molecule has 1 N–H and O–H groups in total. The molecule has 0 radical (unpaired) electrons. The molecule has 1 aromatic rings. The van der Waals surface area contributed by atoms with Crippen molar-refractivity contribution >= 4 is 49.2 Å². The number of likely N-dealkylation sites (N-methyl/N-ethyl adjacent to an activating group) is 1. The van der Waals surface area contributed by atoms with Crippen molar-refractivity contribution in [1.29, 1.82) is 0 Å². The lowest BCUT2D eigenvalue weighted by atomic mass is 10.3. The Kier molecular flexibility index (Phi) is 6.10. The Bertz CT molecular complexity index is 541. The minimum absolute atomic E-state index is 0.0870. The molecule has 0 aliphatic rings. The summed E-state index contributed by atoms with van der Waals surface area (Å²) in [4.78, 5) is 1.79. The second kappa shape index (κ2) is 6.74. The molecule has 4 nitrogen and oxygen atoms in total. The van der Waals surface area contributed by atoms with Crippen LogP contribution in [0.4, 0.5) is 0 Å². The molecule has 0 saturated heterocycles. The van der Waals surface area contributed by atoms with Crippen LogP contribution in [0.15, 0.2) is 21.5 Å². The van der Waals surface area contributed by atoms with Crippen LogP contribution in [0.25, 0.3) is 0 Å². The maximum atomic E-state index is 12.3. The lowest BCUT2D eigenvalue weighted by Gasteiger charge is -2.19. The summed E-state index contributed by atoms with van der Waals surface area (Å²) in [5.74, 6) is 0. The summed E-state index contributed by atoms with van der Waals surface area (Å²) in [5.41, 5.74) is 0. The van der Waals surface area contributed by atoms with Crippen LogP contribution >= 0.6 is 39.1 Å². The largest absolute Gasteiger partial charge is 0.308 e. The molecule has 0 bridgehead atoms. The van der Waals surface area contributed by atoms with E-state index >= 15 is 0 Å². The second-order valence-electron chi connectivity index (χ2n) is 4.48. The lowest BCUT2D eigenvalue weighted by Crippen LogP contribution is -2.39. The van der Waals surface area contributed by atoms with Gasteiger partial charge in [-0.3, -0.25) is 0 Å². The third kappa shape index (κ3) is 4.88. The van der Waals surface area contributed by atoms with Crippen LogP contribution in [0.2, 0.25) is 10.0 Å². The zero-order chi connectivity index (χ0) is 14.8. The minimum atomic E-state index is -3.74. The van der Waals surface area contributed by atoms with Gasteiger partial charge in [0.15, 0.2) is 0 Å². The van der Waals surface area contributed by atoms with Crippen molar-refractivity contribution in [3.63, 3.8) is 0 Å². The molecular weight excluding hydrogens is 375 g/mol. The number of hydrogen-bond acceptors (Lipinski definition) is 3. The number of nitrogens with one attached hydrogen (secondary N) is 1. The Labute approximate surface area is 132 Å². The zero-order valence-electron chi connectivity index (χ0n) is 10.7. The van der Waals surface area contributed by atoms with E-state index in [1.807, 2.05) is 19.0 Å². The van der Waals surface area contributed by atoms with Crippen molar-refractivity contribution in [3.05, 3.63) is 26.7 Å². The second-order valence-corrected chi connectivity index (χ2v) is 7.86. The molecule has 0 amide bonds. The predicted molar refractivity (Wildman–Crippen MR) is 82.5 cm³/mol. The first kappa shape index (κ1) is 17.2. The molecule has 0 spiro atoms. The average Bonchev–Trinajstić information content (AvgIpc) is 2.10. The van der Waals surface area contributed by atoms with Gasteiger partial charge in [-0.2, -0.15) is 0 Å². The fourth-order valence-electron chi connectivity index (χ4n) is 1.69. The molecule has 1 unspecified atom stereocenters. The van der Waals surface area contributed by atoms with E-state index in [9.17, 15) is 8.42 Å². The third-order valence-corrected chi connectivity index (χ3v) is 5.20. The molecule has 0 aliphatic carbocycles. The summed E-state index contributed by atoms with van der Waals surface area (Å²) in [6.45, 7) is 2.35. The molecule has 1 atom stereocenters. The van der Waals surface area contributed by atoms with E-state index in [0.717, 1.165) is 0 Å². The van der Waals surface area contributed by atoms with Crippen molar-refractivity contribution in [2.75, 3.05) is 20.6 Å². The normalized spacial score (nSPS) is 13.8. The Morgan fingerprint density at radius 1 is 1.32 bits per heavy atom. The SMILES string of the molecule is CC(CN(C)C)NS(=O)(=O)c1c(Cl)cc(Br)cc1Cl. The van der Waals surface area contributed by atoms with Gasteiger partial charge in [0, 0.05) is 17.1 Å². The average molecular weight is 390 g/mol. The van der Waals surface area contributed by atoms with Gasteiger partial charge in [0.2, 0.25) is 10.0 Å². The van der Waals surface area contributed by atoms with Gasteiger partial charge in [-0.15, -0.1) is 0 Å². The van der Waals surface area contributed by atoms with Crippen LogP contribution in [0.3, 0.4) is 0 Å². The number of rotatable bonds is 5. The monoisotopic (exact) mass is 388 g/mol. The maximum absolute atomic E-state index is 12.3. The molecule has 1 rings (SSSR count). The van der Waals surface area contributed by atoms with Gasteiger partial charge < -0.3 is 4.90 Å². The van der Waals surface area contributed by atoms with Gasteiger partial charge in [0.05, 0.1) is 10.0 Å². The summed E-state index contributed by atoms with van der Waals surface area (Å²) in [5, 5.41) is 0.174. The standard InChI is InChI=1S/C11H15BrCl2N2O2S/c1-7(6-16(2)3)15-19(17,18)11-9(13)4-8(12)5-10(11)14/h4-5,7,15H,6H2,1-3H3. The van der Waals surface area contributed by atoms with E-state index in [-0.39, 0.29) is 21.0 Å². The topological polar surface area (TPSA) is 49.4 Å². The van der Waals surface area contributed by atoms with Gasteiger partial charge >= 0.3 is 0 Å². The molecule has 0 fully saturated rings. The smallest absolute Gasteiger partial charge is 0.243 e. The van der Waals surface area contributed by atoms with Gasteiger partial charge in [-0.05, 0) is 33.2 Å². The number of nitrogens with zero attached hydrogens (tertiary/aromatic N) is 1. The van der Waals surface area contributed by atoms with Crippen LogP contribution in [-0.4, -0.2) is 40.0 Å². The Balaban J connectivity index is 3.08. The summed E-state index contributed by atoms with van der Waals surface area (Å²) in [6.07, 6.45) is 0. The highest BCUT2D eigenvalue weighted by molar-refractivity contribution is 9.10. The van der Waals surface area contributed by atoms with Crippen LogP contribution in [0.1, 0.15) is 6.92 Å². The molecule has 1 aromatic carbocycles. The third-order valence-electron chi connectivity index (χ3n) is 2.23. The van der Waals surface area contributed by atoms with Crippen LogP contribution in [0, 0.1) is 0 Å². The fraction of sp³-hybridized carbons (Fsp3) is 0.455. The molecule has 0 aromatic heterocycles. The van der Waals surface area contributed by atoms with E-state index < -0.39 is 10.0 Å². The van der Waals surface area contributed by atoms with Crippen molar-refractivity contribution in [2.24, 2.45) is 0 Å². The minimum Gasteiger partial charge on any atom is -0.308 e. The lowest BCUT2D eigenvalue weighted by molar-refractivity contribution is 0.370. The van der Waals surface area contributed by atoms with E-state index in [4.69, 9.17) is 23.2 Å². The first-order valence-corrected chi connectivity index (χ1v) is 8.48. The van der Waals surface area contributed by atoms with E-state index in [1.165, 1.54) is 12.1 Å². The highest BCUT2D eigenvalue weighted by Crippen LogP contribution is 2.32. The molecule has 0 heterocycles. The predicted octanol–water partition coefficient (Wildman–Crippen LogP) is 2.98. The van der Waals surface area contributed by atoms with Crippen molar-refractivity contribution in [2.45, 2.75) is 17.9 Å². The molecule has 19 heavy (non-hydrogen) atoms. The van der Waals surface area contributed by atoms with Crippen LogP contribution < -0.4 is 4.72 Å². The summed E-state index contributed by atoms with van der Waals surface area (Å²) < 4.78 is 27.7. The Morgan fingerprint density at radius 3 is 2.21 bits per heavy atom. The number of hydrogen-bond donors (Lipinski definition) is 1. The van der Waals surface area contributed by atoms with E-state index in [2.05, 4.69) is 20.7 Å². The Morgan fingerprint density at radius 2 is 1.79 bits per heavy atom. The van der Waals surface area contributed by atoms with Gasteiger partial charge in [0.25, 0.3) is 0 Å². The van der Waals surface area contributed by atoms with Crippen LogP contribution in [-0.2, 0) is 10.0 Å². The zero-order valence-corrected chi connectivity index (χ0v) is 14.7. The first-order valence-electron chi connectivity index (χ1n) is 5.45. The molecular formula is C11H15BrCl2N2O2S. The summed E-state index contributed by atoms with van der Waals surface area (Å²) >= 11 is 15.1. The van der Waals surface area contributed by atoms with E-state index in [0.29, 0.717) is 11.0 Å². The number of sulfonamides is 1. The maximum Gasteiger partial charge on any atom is 0.243 e. The first-order chi connectivity index (χ1) is 8.63. The van der Waals surface area contributed by atoms with Gasteiger partial charge in [0.1, 0.15) is 4.90 Å². The highest BCUT2D eigenvalue weighted by Gasteiger charge is 2.24. The van der Waals surface area contributed by atoms with Crippen molar-refractivity contribution < 1.29 is 8.42 Å². The summed E-state index contributed by atoms with van der Waals surface area (Å²) in [7, 11) is -0.0137. The highest BCUT2D eigenvalue weighted by atomic mass is 79.9. The van der Waals surface area contributed by atoms with Crippen LogP contribution in [0.5, 0.6) is 0 Å². The van der Waals surface area contributed by atoms with E-state index in [1.54, 1.807) is 6.92 Å². The van der Waals surface area contributed by atoms with Crippen molar-refractivity contribution in [3.8, 4) is 0 Å². The summed E-state index contributed by atoms with van der Waals surface area (Å²) in [6, 6.07) is 2.74. The molecule has 0 saturated carbocycles. The fourth-order valence-corrected chi connectivity index (χ4v) is 4.87. The molecule has 108 valence electrons. The molecule has 0 aliphatic heterocycles. The van der Waals surface area contributed by atoms with Gasteiger partial charge in [-0.25, -0.2) is 13.1 Å². The Hall–Kier alpha value is 0.150. The van der Waals surface area contributed by atoms with Crippen molar-refractivity contribution in [1.82, 2.24) is 9.62 Å². The molecule has 8 heteroatoms. The van der Waals surface area contributed by atoms with Gasteiger partial charge in [-0.1, -0.05) is 39.1 Å².